The minimum atomic E-state index is -0.323. The van der Waals surface area contributed by atoms with Gasteiger partial charge in [0.2, 0.25) is 0 Å². The third kappa shape index (κ3) is 2.29. The molecule has 2 aromatic rings. The Kier molecular flexibility index (Phi) is 3.52. The Morgan fingerprint density at radius 2 is 1.89 bits per heavy atom. The fraction of sp³-hybridized carbons (Fsp3) is 0.154. The van der Waals surface area contributed by atoms with Crippen LogP contribution in [0.4, 0.5) is 0 Å². The second-order valence-electron chi connectivity index (χ2n) is 3.83. The smallest absolute Gasteiger partial charge is 0.166 e. The number of nitrogens with zero attached hydrogens (tertiary/aromatic N) is 2. The topological polar surface area (TPSA) is 72.8 Å². The maximum atomic E-state index is 8.89. The molecule has 2 rings (SSSR count). The predicted octanol–water partition coefficient (Wildman–Crippen LogP) is 1.83. The molecular formula is C13H15N3O2. The van der Waals surface area contributed by atoms with Crippen LogP contribution in [0.15, 0.2) is 53.9 Å². The van der Waals surface area contributed by atoms with Gasteiger partial charge >= 0.3 is 0 Å². The van der Waals surface area contributed by atoms with Crippen LogP contribution in [0.1, 0.15) is 11.6 Å². The molecule has 1 atom stereocenters. The second-order valence-corrected chi connectivity index (χ2v) is 3.83. The third-order valence-electron chi connectivity index (χ3n) is 2.75. The number of ether oxygens (including phenoxy) is 1. The summed E-state index contributed by atoms with van der Waals surface area (Å²) in [6, 6.07) is 10.9. The molecule has 3 N–H and O–H groups in total. The quantitative estimate of drug-likeness (QED) is 0.373. The Bertz CT molecular complexity index is 518. The molecule has 0 aliphatic carbocycles. The summed E-state index contributed by atoms with van der Waals surface area (Å²) in [5.41, 5.74) is 6.68. The average molecular weight is 245 g/mol. The van der Waals surface area contributed by atoms with Crippen molar-refractivity contribution in [3.05, 3.63) is 54.4 Å². The Morgan fingerprint density at radius 1 is 1.28 bits per heavy atom. The first kappa shape index (κ1) is 12.0. The van der Waals surface area contributed by atoms with E-state index in [0.29, 0.717) is 0 Å². The van der Waals surface area contributed by atoms with Gasteiger partial charge in [-0.2, -0.15) is 0 Å². The van der Waals surface area contributed by atoms with Crippen LogP contribution in [-0.4, -0.2) is 22.7 Å². The van der Waals surface area contributed by atoms with Crippen LogP contribution in [-0.2, 0) is 0 Å². The Labute approximate surface area is 105 Å². The summed E-state index contributed by atoms with van der Waals surface area (Å²) in [6.45, 7) is 0. The summed E-state index contributed by atoms with van der Waals surface area (Å²) >= 11 is 0. The Hall–Kier alpha value is -2.43. The number of rotatable bonds is 4. The van der Waals surface area contributed by atoms with Gasteiger partial charge in [-0.05, 0) is 29.8 Å². The lowest BCUT2D eigenvalue weighted by atomic mass is 10.1. The van der Waals surface area contributed by atoms with E-state index in [2.05, 4.69) is 5.16 Å². The number of nitrogens with two attached hydrogens (primary N) is 1. The number of hydrogen-bond donors (Lipinski definition) is 2. The van der Waals surface area contributed by atoms with E-state index < -0.39 is 0 Å². The van der Waals surface area contributed by atoms with E-state index >= 15 is 0 Å². The largest absolute Gasteiger partial charge is 0.497 e. The molecule has 18 heavy (non-hydrogen) atoms. The van der Waals surface area contributed by atoms with Gasteiger partial charge in [0.1, 0.15) is 11.8 Å². The van der Waals surface area contributed by atoms with Gasteiger partial charge in [0.25, 0.3) is 0 Å². The van der Waals surface area contributed by atoms with E-state index in [1.165, 1.54) is 0 Å². The van der Waals surface area contributed by atoms with Crippen molar-refractivity contribution >= 4 is 5.84 Å². The van der Waals surface area contributed by atoms with Crippen LogP contribution in [0.3, 0.4) is 0 Å². The van der Waals surface area contributed by atoms with Crippen LogP contribution in [0.2, 0.25) is 0 Å². The second kappa shape index (κ2) is 5.27. The summed E-state index contributed by atoms with van der Waals surface area (Å²) in [7, 11) is 1.61. The third-order valence-corrected chi connectivity index (χ3v) is 2.75. The molecule has 0 bridgehead atoms. The standard InChI is InChI=1S/C13H15N3O2/c1-18-11-6-4-10(5-7-11)12(13(14)15-17)16-8-2-3-9-16/h2-9,12,17H,1H3,(H2,14,15)/t12-/m0/s1. The SMILES string of the molecule is COc1ccc([C@@H](C(N)=NO)n2cccc2)cc1. The first-order valence-electron chi connectivity index (χ1n) is 5.50. The number of methoxy groups -OCH3 is 1. The van der Waals surface area contributed by atoms with E-state index in [1.54, 1.807) is 7.11 Å². The van der Waals surface area contributed by atoms with Gasteiger partial charge in [-0.3, -0.25) is 0 Å². The van der Waals surface area contributed by atoms with E-state index in [9.17, 15) is 0 Å². The molecule has 0 aliphatic rings. The van der Waals surface area contributed by atoms with Crippen LogP contribution >= 0.6 is 0 Å². The van der Waals surface area contributed by atoms with Crippen LogP contribution in [0, 0.1) is 0 Å². The monoisotopic (exact) mass is 245 g/mol. The van der Waals surface area contributed by atoms with Gasteiger partial charge in [0.15, 0.2) is 5.84 Å². The summed E-state index contributed by atoms with van der Waals surface area (Å²) in [5.74, 6) is 0.904. The first-order valence-corrected chi connectivity index (χ1v) is 5.50. The Balaban J connectivity index is 2.40. The normalized spacial score (nSPS) is 13.3. The zero-order chi connectivity index (χ0) is 13.0. The van der Waals surface area contributed by atoms with Crippen LogP contribution < -0.4 is 10.5 Å². The highest BCUT2D eigenvalue weighted by atomic mass is 16.5. The summed E-state index contributed by atoms with van der Waals surface area (Å²) in [4.78, 5) is 0. The van der Waals surface area contributed by atoms with Crippen molar-refractivity contribution < 1.29 is 9.94 Å². The van der Waals surface area contributed by atoms with Crippen molar-refractivity contribution in [1.82, 2.24) is 4.57 Å². The van der Waals surface area contributed by atoms with E-state index in [4.69, 9.17) is 15.7 Å². The number of hydrogen-bond acceptors (Lipinski definition) is 3. The fourth-order valence-electron chi connectivity index (χ4n) is 1.86. The summed E-state index contributed by atoms with van der Waals surface area (Å²) < 4.78 is 6.98. The maximum Gasteiger partial charge on any atom is 0.166 e. The molecule has 0 aliphatic heterocycles. The summed E-state index contributed by atoms with van der Waals surface area (Å²) in [6.07, 6.45) is 3.74. The molecule has 0 radical (unpaired) electrons. The maximum absolute atomic E-state index is 8.89. The lowest BCUT2D eigenvalue weighted by Crippen LogP contribution is -2.27. The van der Waals surface area contributed by atoms with E-state index in [0.717, 1.165) is 11.3 Å². The molecule has 0 saturated carbocycles. The Morgan fingerprint density at radius 3 is 2.39 bits per heavy atom. The van der Waals surface area contributed by atoms with Crippen molar-refractivity contribution in [2.24, 2.45) is 10.9 Å². The van der Waals surface area contributed by atoms with Crippen LogP contribution in [0.25, 0.3) is 0 Å². The minimum absolute atomic E-state index is 0.136. The average Bonchev–Trinajstić information content (AvgIpc) is 2.93. The summed E-state index contributed by atoms with van der Waals surface area (Å²) in [5, 5.41) is 12.0. The number of aromatic nitrogens is 1. The molecule has 0 unspecified atom stereocenters. The van der Waals surface area contributed by atoms with E-state index in [1.807, 2.05) is 53.4 Å². The number of benzene rings is 1. The first-order chi connectivity index (χ1) is 8.76. The van der Waals surface area contributed by atoms with Gasteiger partial charge in [0, 0.05) is 12.4 Å². The highest BCUT2D eigenvalue weighted by molar-refractivity contribution is 5.86. The molecule has 5 heteroatoms. The minimum Gasteiger partial charge on any atom is -0.497 e. The van der Waals surface area contributed by atoms with Crippen LogP contribution in [0.5, 0.6) is 5.75 Å². The van der Waals surface area contributed by atoms with E-state index in [-0.39, 0.29) is 11.9 Å². The molecule has 0 fully saturated rings. The molecular weight excluding hydrogens is 230 g/mol. The lowest BCUT2D eigenvalue weighted by molar-refractivity contribution is 0.315. The van der Waals surface area contributed by atoms with Crippen molar-refractivity contribution in [2.45, 2.75) is 6.04 Å². The molecule has 0 spiro atoms. The molecule has 1 aromatic heterocycles. The highest BCUT2D eigenvalue weighted by Crippen LogP contribution is 2.21. The van der Waals surface area contributed by atoms with Crippen molar-refractivity contribution in [3.8, 4) is 5.75 Å². The van der Waals surface area contributed by atoms with Gasteiger partial charge < -0.3 is 20.2 Å². The van der Waals surface area contributed by atoms with Gasteiger partial charge in [-0.15, -0.1) is 0 Å². The zero-order valence-corrected chi connectivity index (χ0v) is 10.0. The van der Waals surface area contributed by atoms with Gasteiger partial charge in [-0.1, -0.05) is 17.3 Å². The molecule has 1 aromatic carbocycles. The molecule has 94 valence electrons. The molecule has 5 nitrogen and oxygen atoms in total. The molecule has 1 heterocycles. The van der Waals surface area contributed by atoms with Crippen molar-refractivity contribution in [1.29, 1.82) is 0 Å². The van der Waals surface area contributed by atoms with Crippen molar-refractivity contribution in [3.63, 3.8) is 0 Å². The lowest BCUT2D eigenvalue weighted by Gasteiger charge is -2.18. The molecule has 0 saturated heterocycles. The zero-order valence-electron chi connectivity index (χ0n) is 10.0. The highest BCUT2D eigenvalue weighted by Gasteiger charge is 2.17. The van der Waals surface area contributed by atoms with Crippen molar-refractivity contribution in [2.75, 3.05) is 7.11 Å². The number of amidine groups is 1. The predicted molar refractivity (Wildman–Crippen MR) is 69.0 cm³/mol. The number of oxime groups is 1. The van der Waals surface area contributed by atoms with Gasteiger partial charge in [0.05, 0.1) is 7.11 Å². The molecule has 0 amide bonds. The fourth-order valence-corrected chi connectivity index (χ4v) is 1.86. The van der Waals surface area contributed by atoms with Gasteiger partial charge in [-0.25, -0.2) is 0 Å².